The van der Waals surface area contributed by atoms with E-state index in [4.69, 9.17) is 0 Å². The molecule has 1 N–H and O–H groups in total. The number of hydrogen-bond acceptors (Lipinski definition) is 2. The molecule has 1 aliphatic rings. The maximum Gasteiger partial charge on any atom is 0.250 e. The molecule has 16 heavy (non-hydrogen) atoms. The first kappa shape index (κ1) is 10.9. The van der Waals surface area contributed by atoms with Crippen LogP contribution in [-0.2, 0) is 11.3 Å². The van der Waals surface area contributed by atoms with Crippen LogP contribution in [0, 0.1) is 5.92 Å². The predicted molar refractivity (Wildman–Crippen MR) is 62.3 cm³/mol. The monoisotopic (exact) mass is 220 g/mol. The average molecular weight is 220 g/mol. The zero-order chi connectivity index (χ0) is 11.5. The van der Waals surface area contributed by atoms with Gasteiger partial charge in [0.05, 0.1) is 5.69 Å². The number of aryl methyl sites for hydroxylation is 1. The number of carbonyl (C=O) groups is 1. The lowest BCUT2D eigenvalue weighted by atomic mass is 10.3. The fourth-order valence-electron chi connectivity index (χ4n) is 1.61. The molecule has 1 heterocycles. The summed E-state index contributed by atoms with van der Waals surface area (Å²) >= 11 is 0. The van der Waals surface area contributed by atoms with E-state index in [-0.39, 0.29) is 17.4 Å². The van der Waals surface area contributed by atoms with Gasteiger partial charge in [0.1, 0.15) is 0 Å². The fraction of sp³-hybridized carbons (Fsp3) is 0.500. The van der Waals surface area contributed by atoms with Gasteiger partial charge in [-0.15, -0.1) is 0 Å². The smallest absolute Gasteiger partial charge is 0.250 e. The molecule has 4 nitrogen and oxygen atoms in total. The van der Waals surface area contributed by atoms with Crippen molar-refractivity contribution in [3.05, 3.63) is 28.7 Å². The minimum Gasteiger partial charge on any atom is -0.325 e. The van der Waals surface area contributed by atoms with Crippen LogP contribution in [0.1, 0.15) is 26.2 Å². The van der Waals surface area contributed by atoms with Crippen LogP contribution in [0.2, 0.25) is 0 Å². The summed E-state index contributed by atoms with van der Waals surface area (Å²) in [5.41, 5.74) is 0.691. The lowest BCUT2D eigenvalue weighted by Crippen LogP contribution is -2.20. The van der Waals surface area contributed by atoms with Gasteiger partial charge in [-0.2, -0.15) is 0 Å². The zero-order valence-electron chi connectivity index (χ0n) is 9.40. The third kappa shape index (κ3) is 2.51. The molecule has 1 fully saturated rings. The van der Waals surface area contributed by atoms with Gasteiger partial charge in [-0.3, -0.25) is 9.59 Å². The summed E-state index contributed by atoms with van der Waals surface area (Å²) in [5, 5.41) is 2.83. The van der Waals surface area contributed by atoms with Crippen molar-refractivity contribution in [2.75, 3.05) is 5.32 Å². The number of rotatable bonds is 4. The lowest BCUT2D eigenvalue weighted by molar-refractivity contribution is -0.117. The van der Waals surface area contributed by atoms with Gasteiger partial charge in [0.25, 0.3) is 5.56 Å². The topological polar surface area (TPSA) is 51.1 Å². The molecule has 1 saturated carbocycles. The Labute approximate surface area is 94.3 Å². The van der Waals surface area contributed by atoms with Gasteiger partial charge >= 0.3 is 0 Å². The molecule has 86 valence electrons. The Bertz CT molecular complexity index is 447. The van der Waals surface area contributed by atoms with Gasteiger partial charge in [-0.1, -0.05) is 6.92 Å². The van der Waals surface area contributed by atoms with Crippen LogP contribution >= 0.6 is 0 Å². The number of aromatic nitrogens is 1. The molecule has 0 spiro atoms. The molecule has 4 heteroatoms. The maximum absolute atomic E-state index is 11.5. The summed E-state index contributed by atoms with van der Waals surface area (Å²) in [7, 11) is 0. The van der Waals surface area contributed by atoms with Crippen LogP contribution in [0.5, 0.6) is 0 Å². The van der Waals surface area contributed by atoms with E-state index in [2.05, 4.69) is 5.32 Å². The van der Waals surface area contributed by atoms with E-state index in [1.807, 2.05) is 6.92 Å². The Morgan fingerprint density at radius 2 is 2.25 bits per heavy atom. The summed E-state index contributed by atoms with van der Waals surface area (Å²) in [5.74, 6) is 0.258. The van der Waals surface area contributed by atoms with E-state index in [0.717, 1.165) is 19.3 Å². The normalized spacial score (nSPS) is 14.8. The first-order chi connectivity index (χ1) is 7.70. The number of carbonyl (C=O) groups excluding carboxylic acids is 1. The number of anilines is 1. The second-order valence-electron chi connectivity index (χ2n) is 4.21. The van der Waals surface area contributed by atoms with Gasteiger partial charge in [0.2, 0.25) is 5.91 Å². The van der Waals surface area contributed by atoms with Crippen LogP contribution in [0.25, 0.3) is 0 Å². The van der Waals surface area contributed by atoms with Crippen molar-refractivity contribution in [3.8, 4) is 0 Å². The molecule has 0 atom stereocenters. The van der Waals surface area contributed by atoms with E-state index >= 15 is 0 Å². The fourth-order valence-corrected chi connectivity index (χ4v) is 1.61. The standard InChI is InChI=1S/C12H16N2O2/c1-2-7-14-8-10(5-6-11(14)15)13-12(16)9-3-4-9/h5-6,8-9H,2-4,7H2,1H3,(H,13,16). The van der Waals surface area contributed by atoms with Crippen molar-refractivity contribution in [2.24, 2.45) is 5.92 Å². The van der Waals surface area contributed by atoms with E-state index in [1.54, 1.807) is 16.8 Å². The molecular formula is C12H16N2O2. The summed E-state index contributed by atoms with van der Waals surface area (Å²) in [6.45, 7) is 2.70. The van der Waals surface area contributed by atoms with Gasteiger partial charge in [-0.25, -0.2) is 0 Å². The molecule has 0 unspecified atom stereocenters. The molecule has 0 aliphatic heterocycles. The highest BCUT2D eigenvalue weighted by Crippen LogP contribution is 2.29. The molecule has 0 aromatic carbocycles. The predicted octanol–water partition coefficient (Wildman–Crippen LogP) is 1.61. The van der Waals surface area contributed by atoms with E-state index in [1.165, 1.54) is 6.07 Å². The molecule has 1 aliphatic carbocycles. The van der Waals surface area contributed by atoms with Crippen molar-refractivity contribution in [3.63, 3.8) is 0 Å². The Kier molecular flexibility index (Phi) is 3.08. The van der Waals surface area contributed by atoms with E-state index in [0.29, 0.717) is 12.2 Å². The maximum atomic E-state index is 11.5. The molecule has 1 amide bonds. The second kappa shape index (κ2) is 4.51. The largest absolute Gasteiger partial charge is 0.325 e. The Morgan fingerprint density at radius 1 is 1.50 bits per heavy atom. The van der Waals surface area contributed by atoms with Crippen LogP contribution < -0.4 is 10.9 Å². The number of amides is 1. The Balaban J connectivity index is 2.11. The molecule has 1 aromatic heterocycles. The van der Waals surface area contributed by atoms with Gasteiger partial charge < -0.3 is 9.88 Å². The zero-order valence-corrected chi connectivity index (χ0v) is 9.40. The van der Waals surface area contributed by atoms with Crippen molar-refractivity contribution in [1.82, 2.24) is 4.57 Å². The number of nitrogens with zero attached hydrogens (tertiary/aromatic N) is 1. The summed E-state index contributed by atoms with van der Waals surface area (Å²) < 4.78 is 1.63. The molecule has 0 saturated heterocycles. The van der Waals surface area contributed by atoms with Crippen molar-refractivity contribution in [2.45, 2.75) is 32.7 Å². The molecular weight excluding hydrogens is 204 g/mol. The summed E-state index contributed by atoms with van der Waals surface area (Å²) in [6.07, 6.45) is 4.59. The summed E-state index contributed by atoms with van der Waals surface area (Å²) in [6, 6.07) is 3.16. The SMILES string of the molecule is CCCn1cc(NC(=O)C2CC2)ccc1=O. The number of nitrogens with one attached hydrogen (secondary N) is 1. The second-order valence-corrected chi connectivity index (χ2v) is 4.21. The van der Waals surface area contributed by atoms with E-state index < -0.39 is 0 Å². The minimum absolute atomic E-state index is 0.0220. The summed E-state index contributed by atoms with van der Waals surface area (Å²) in [4.78, 5) is 23.0. The lowest BCUT2D eigenvalue weighted by Gasteiger charge is -2.08. The Hall–Kier alpha value is -1.58. The molecule has 2 rings (SSSR count). The van der Waals surface area contributed by atoms with Crippen LogP contribution in [0.15, 0.2) is 23.1 Å². The first-order valence-electron chi connectivity index (χ1n) is 5.72. The van der Waals surface area contributed by atoms with Crippen molar-refractivity contribution in [1.29, 1.82) is 0 Å². The third-order valence-corrected chi connectivity index (χ3v) is 2.66. The first-order valence-corrected chi connectivity index (χ1v) is 5.72. The van der Waals surface area contributed by atoms with Crippen LogP contribution in [0.4, 0.5) is 5.69 Å². The highest BCUT2D eigenvalue weighted by atomic mass is 16.2. The Morgan fingerprint density at radius 3 is 2.88 bits per heavy atom. The van der Waals surface area contributed by atoms with E-state index in [9.17, 15) is 9.59 Å². The highest BCUT2D eigenvalue weighted by Gasteiger charge is 2.29. The highest BCUT2D eigenvalue weighted by molar-refractivity contribution is 5.93. The van der Waals surface area contributed by atoms with Crippen LogP contribution in [-0.4, -0.2) is 10.5 Å². The van der Waals surface area contributed by atoms with Crippen LogP contribution in [0.3, 0.4) is 0 Å². The van der Waals surface area contributed by atoms with Crippen molar-refractivity contribution < 1.29 is 4.79 Å². The quantitative estimate of drug-likeness (QED) is 0.838. The third-order valence-electron chi connectivity index (χ3n) is 2.66. The molecule has 1 aromatic rings. The minimum atomic E-state index is -0.0220. The number of hydrogen-bond donors (Lipinski definition) is 1. The number of pyridine rings is 1. The molecule has 0 bridgehead atoms. The van der Waals surface area contributed by atoms with Crippen molar-refractivity contribution >= 4 is 11.6 Å². The van der Waals surface area contributed by atoms with Gasteiger partial charge in [-0.05, 0) is 25.3 Å². The van der Waals surface area contributed by atoms with Gasteiger partial charge in [0, 0.05) is 24.7 Å². The van der Waals surface area contributed by atoms with Gasteiger partial charge in [0.15, 0.2) is 0 Å². The average Bonchev–Trinajstić information content (AvgIpc) is 3.07. The molecule has 0 radical (unpaired) electrons.